The molecule has 0 saturated heterocycles. The van der Waals surface area contributed by atoms with Gasteiger partial charge in [-0.3, -0.25) is 9.59 Å². The molecule has 1 atom stereocenters. The third-order valence-electron chi connectivity index (χ3n) is 3.27. The summed E-state index contributed by atoms with van der Waals surface area (Å²) in [5.74, 6) is -1.49. The lowest BCUT2D eigenvalue weighted by Crippen LogP contribution is -2.39. The van der Waals surface area contributed by atoms with Crippen molar-refractivity contribution in [2.24, 2.45) is 0 Å². The van der Waals surface area contributed by atoms with E-state index in [2.05, 4.69) is 4.74 Å². The number of carbonyl (C=O) groups is 2. The fourth-order valence-electron chi connectivity index (χ4n) is 1.87. The van der Waals surface area contributed by atoms with Crippen LogP contribution in [0.5, 0.6) is 0 Å². The van der Waals surface area contributed by atoms with Crippen LogP contribution < -0.4 is 0 Å². The lowest BCUT2D eigenvalue weighted by atomic mass is 10.3. The molecule has 1 fully saturated rings. The van der Waals surface area contributed by atoms with Gasteiger partial charge in [-0.1, -0.05) is 0 Å². The summed E-state index contributed by atoms with van der Waals surface area (Å²) < 4.78 is 28.4. The Morgan fingerprint density at radius 2 is 1.95 bits per heavy atom. The average Bonchev–Trinajstić information content (AvgIpc) is 3.13. The molecule has 6 nitrogen and oxygen atoms in total. The van der Waals surface area contributed by atoms with Crippen molar-refractivity contribution in [1.29, 1.82) is 0 Å². The highest BCUT2D eigenvalue weighted by atomic mass is 32.2. The van der Waals surface area contributed by atoms with Gasteiger partial charge in [0.25, 0.3) is 0 Å². The molecule has 19 heavy (non-hydrogen) atoms. The smallest absolute Gasteiger partial charge is 0.306 e. The Morgan fingerprint density at radius 1 is 1.37 bits per heavy atom. The van der Waals surface area contributed by atoms with Gasteiger partial charge in [-0.15, -0.1) is 0 Å². The SMILES string of the molecule is CCN(C(=O)CS(=O)(=O)C(C)CC(=O)OC)C1CC1. The minimum atomic E-state index is -3.62. The van der Waals surface area contributed by atoms with Crippen LogP contribution in [0.25, 0.3) is 0 Å². The van der Waals surface area contributed by atoms with E-state index in [1.54, 1.807) is 4.90 Å². The Kier molecular flexibility index (Phi) is 5.34. The van der Waals surface area contributed by atoms with E-state index in [1.165, 1.54) is 14.0 Å². The fraction of sp³-hybridized carbons (Fsp3) is 0.833. The number of methoxy groups -OCH3 is 1. The zero-order chi connectivity index (χ0) is 14.6. The molecule has 0 radical (unpaired) electrons. The van der Waals surface area contributed by atoms with E-state index < -0.39 is 26.8 Å². The molecule has 0 bridgehead atoms. The summed E-state index contributed by atoms with van der Waals surface area (Å²) in [7, 11) is -2.41. The van der Waals surface area contributed by atoms with Crippen LogP contribution in [0.15, 0.2) is 0 Å². The van der Waals surface area contributed by atoms with Crippen LogP contribution in [-0.2, 0) is 24.2 Å². The topological polar surface area (TPSA) is 80.8 Å². The second-order valence-electron chi connectivity index (χ2n) is 4.81. The predicted molar refractivity (Wildman–Crippen MR) is 70.3 cm³/mol. The number of hydrogen-bond donors (Lipinski definition) is 0. The van der Waals surface area contributed by atoms with Crippen molar-refractivity contribution in [3.63, 3.8) is 0 Å². The number of amides is 1. The number of carbonyl (C=O) groups excluding carboxylic acids is 2. The van der Waals surface area contributed by atoms with Gasteiger partial charge in [0, 0.05) is 12.6 Å². The molecule has 0 aromatic carbocycles. The molecule has 0 aromatic rings. The molecule has 1 aliphatic rings. The standard InChI is InChI=1S/C12H21NO5S/c1-4-13(10-5-6-10)11(14)8-19(16,17)9(2)7-12(15)18-3/h9-10H,4-8H2,1-3H3. The normalized spacial score (nSPS) is 16.8. The van der Waals surface area contributed by atoms with Crippen molar-refractivity contribution in [3.8, 4) is 0 Å². The van der Waals surface area contributed by atoms with Crippen LogP contribution in [0.4, 0.5) is 0 Å². The Labute approximate surface area is 114 Å². The molecule has 110 valence electrons. The maximum Gasteiger partial charge on any atom is 0.306 e. The second-order valence-corrected chi connectivity index (χ2v) is 7.23. The van der Waals surface area contributed by atoms with Gasteiger partial charge in [-0.05, 0) is 26.7 Å². The summed E-state index contributed by atoms with van der Waals surface area (Å²) in [5, 5.41) is -0.901. The molecule has 0 spiro atoms. The predicted octanol–water partition coefficient (Wildman–Crippen LogP) is 0.364. The molecule has 0 aromatic heterocycles. The van der Waals surface area contributed by atoms with Crippen LogP contribution in [-0.4, -0.2) is 55.9 Å². The highest BCUT2D eigenvalue weighted by Crippen LogP contribution is 2.27. The van der Waals surface area contributed by atoms with Crippen LogP contribution in [0.1, 0.15) is 33.1 Å². The molecule has 1 aliphatic carbocycles. The first-order chi connectivity index (χ1) is 8.81. The maximum absolute atomic E-state index is 12.0. The minimum Gasteiger partial charge on any atom is -0.469 e. The van der Waals surface area contributed by atoms with Crippen molar-refractivity contribution >= 4 is 21.7 Å². The number of sulfone groups is 1. The molecular formula is C12H21NO5S. The van der Waals surface area contributed by atoms with Crippen LogP contribution in [0.3, 0.4) is 0 Å². The van der Waals surface area contributed by atoms with Crippen LogP contribution in [0, 0.1) is 0 Å². The lowest BCUT2D eigenvalue weighted by Gasteiger charge is -2.21. The van der Waals surface area contributed by atoms with Crippen molar-refractivity contribution in [1.82, 2.24) is 4.90 Å². The summed E-state index contributed by atoms with van der Waals surface area (Å²) in [4.78, 5) is 24.6. The van der Waals surface area contributed by atoms with Gasteiger partial charge in [0.1, 0.15) is 5.75 Å². The van der Waals surface area contributed by atoms with E-state index in [-0.39, 0.29) is 18.4 Å². The van der Waals surface area contributed by atoms with E-state index in [9.17, 15) is 18.0 Å². The van der Waals surface area contributed by atoms with E-state index in [0.29, 0.717) is 6.54 Å². The van der Waals surface area contributed by atoms with Gasteiger partial charge in [-0.2, -0.15) is 0 Å². The Balaban J connectivity index is 2.62. The Hall–Kier alpha value is -1.11. The largest absolute Gasteiger partial charge is 0.469 e. The molecule has 7 heteroatoms. The average molecular weight is 291 g/mol. The van der Waals surface area contributed by atoms with Crippen molar-refractivity contribution < 1.29 is 22.7 Å². The van der Waals surface area contributed by atoms with Gasteiger partial charge in [0.2, 0.25) is 5.91 Å². The third-order valence-corrected chi connectivity index (χ3v) is 5.31. The molecule has 0 aliphatic heterocycles. The van der Waals surface area contributed by atoms with Gasteiger partial charge >= 0.3 is 5.97 Å². The monoisotopic (exact) mass is 291 g/mol. The number of esters is 1. The summed E-state index contributed by atoms with van der Waals surface area (Å²) in [6, 6.07) is 0.198. The second kappa shape index (κ2) is 6.36. The highest BCUT2D eigenvalue weighted by molar-refractivity contribution is 7.92. The first kappa shape index (κ1) is 15.9. The lowest BCUT2D eigenvalue weighted by molar-refractivity contribution is -0.140. The summed E-state index contributed by atoms with van der Waals surface area (Å²) in [5.41, 5.74) is 0. The minimum absolute atomic E-state index is 0.198. The van der Waals surface area contributed by atoms with Gasteiger partial charge < -0.3 is 9.64 Å². The molecule has 0 N–H and O–H groups in total. The Morgan fingerprint density at radius 3 is 2.37 bits per heavy atom. The molecule has 1 saturated carbocycles. The zero-order valence-electron chi connectivity index (χ0n) is 11.6. The van der Waals surface area contributed by atoms with Gasteiger partial charge in [0.15, 0.2) is 9.84 Å². The Bertz CT molecular complexity index is 441. The highest BCUT2D eigenvalue weighted by Gasteiger charge is 2.35. The third kappa shape index (κ3) is 4.49. The zero-order valence-corrected chi connectivity index (χ0v) is 12.4. The van der Waals surface area contributed by atoms with Gasteiger partial charge in [-0.25, -0.2) is 8.42 Å². The summed E-state index contributed by atoms with van der Waals surface area (Å²) in [6.45, 7) is 3.78. The van der Waals surface area contributed by atoms with Crippen LogP contribution in [0.2, 0.25) is 0 Å². The van der Waals surface area contributed by atoms with Crippen LogP contribution >= 0.6 is 0 Å². The van der Waals surface area contributed by atoms with E-state index in [0.717, 1.165) is 12.8 Å². The quantitative estimate of drug-likeness (QED) is 0.633. The molecular weight excluding hydrogens is 270 g/mol. The molecule has 1 unspecified atom stereocenters. The first-order valence-electron chi connectivity index (χ1n) is 6.39. The maximum atomic E-state index is 12.0. The van der Waals surface area contributed by atoms with Crippen molar-refractivity contribution in [3.05, 3.63) is 0 Å². The molecule has 0 heterocycles. The number of nitrogens with zero attached hydrogens (tertiary/aromatic N) is 1. The van der Waals surface area contributed by atoms with E-state index in [1.807, 2.05) is 6.92 Å². The number of rotatable bonds is 7. The van der Waals surface area contributed by atoms with E-state index in [4.69, 9.17) is 0 Å². The fourth-order valence-corrected chi connectivity index (χ4v) is 3.05. The number of hydrogen-bond acceptors (Lipinski definition) is 5. The number of ether oxygens (including phenoxy) is 1. The molecule has 1 rings (SSSR count). The van der Waals surface area contributed by atoms with Crippen molar-refractivity contribution in [2.45, 2.75) is 44.4 Å². The first-order valence-corrected chi connectivity index (χ1v) is 8.11. The van der Waals surface area contributed by atoms with Crippen molar-refractivity contribution in [2.75, 3.05) is 19.4 Å². The summed E-state index contributed by atoms with van der Waals surface area (Å²) >= 11 is 0. The summed E-state index contributed by atoms with van der Waals surface area (Å²) in [6.07, 6.45) is 1.66. The molecule has 1 amide bonds. The van der Waals surface area contributed by atoms with Gasteiger partial charge in [0.05, 0.1) is 18.8 Å². The van der Waals surface area contributed by atoms with E-state index >= 15 is 0 Å².